The highest BCUT2D eigenvalue weighted by atomic mass is 35.5. The molecule has 26 heavy (non-hydrogen) atoms. The number of amides is 1. The van der Waals surface area contributed by atoms with E-state index in [1.807, 2.05) is 48.2 Å². The van der Waals surface area contributed by atoms with Gasteiger partial charge < -0.3 is 14.5 Å². The minimum absolute atomic E-state index is 0.0278. The summed E-state index contributed by atoms with van der Waals surface area (Å²) in [6.45, 7) is 2.02. The van der Waals surface area contributed by atoms with Gasteiger partial charge in [0.25, 0.3) is 0 Å². The Labute approximate surface area is 160 Å². The molecular formula is C20H27ClN2O3. The van der Waals surface area contributed by atoms with E-state index < -0.39 is 0 Å². The number of likely N-dealkylation sites (N-methyl/N-ethyl adjacent to an activating group) is 1. The molecule has 0 radical (unpaired) electrons. The maximum Gasteiger partial charge on any atom is 0.312 e. The summed E-state index contributed by atoms with van der Waals surface area (Å²) in [5.74, 6) is 0.0588. The Hall–Kier alpha value is -1.59. The van der Waals surface area contributed by atoms with Crippen LogP contribution in [0, 0.1) is 5.41 Å². The molecule has 1 unspecified atom stereocenters. The molecular weight excluding hydrogens is 352 g/mol. The lowest BCUT2D eigenvalue weighted by Crippen LogP contribution is -2.45. The topological polar surface area (TPSA) is 49.9 Å². The Bertz CT molecular complexity index is 669. The van der Waals surface area contributed by atoms with Crippen molar-refractivity contribution < 1.29 is 14.3 Å². The van der Waals surface area contributed by atoms with Crippen LogP contribution in [0.4, 0.5) is 0 Å². The van der Waals surface area contributed by atoms with Crippen LogP contribution < -0.4 is 0 Å². The number of piperidine rings is 1. The van der Waals surface area contributed by atoms with Gasteiger partial charge in [0.1, 0.15) is 6.10 Å². The number of halogens is 1. The number of hydrogen-bond acceptors (Lipinski definition) is 4. The van der Waals surface area contributed by atoms with Crippen LogP contribution in [0.5, 0.6) is 0 Å². The molecule has 2 aliphatic heterocycles. The predicted octanol–water partition coefficient (Wildman–Crippen LogP) is 2.76. The number of cyclic esters (lactones) is 1. The highest BCUT2D eigenvalue weighted by Gasteiger charge is 2.50. The van der Waals surface area contributed by atoms with E-state index in [0.29, 0.717) is 43.8 Å². The maximum absolute atomic E-state index is 12.5. The van der Waals surface area contributed by atoms with Gasteiger partial charge in [-0.2, -0.15) is 0 Å². The van der Waals surface area contributed by atoms with Crippen LogP contribution in [0.25, 0.3) is 0 Å². The summed E-state index contributed by atoms with van der Waals surface area (Å²) in [7, 11) is 3.97. The van der Waals surface area contributed by atoms with Gasteiger partial charge in [-0.05, 0) is 45.0 Å². The predicted molar refractivity (Wildman–Crippen MR) is 101 cm³/mol. The molecule has 1 amide bonds. The van der Waals surface area contributed by atoms with E-state index in [0.717, 1.165) is 18.5 Å². The summed E-state index contributed by atoms with van der Waals surface area (Å²) in [6.07, 6.45) is 3.24. The third-order valence-electron chi connectivity index (χ3n) is 5.53. The van der Waals surface area contributed by atoms with Crippen molar-refractivity contribution in [2.24, 2.45) is 5.41 Å². The zero-order chi connectivity index (χ0) is 18.7. The van der Waals surface area contributed by atoms with Gasteiger partial charge in [-0.1, -0.05) is 29.8 Å². The standard InChI is InChI=1S/C20H27ClN2O3/c1-22(2)14-16-13-20(19(25)26-16)9-11-23(12-10-20)18(24)8-7-15-5-3-4-6-17(15)21/h3-6,16H,7-14H2,1-2H3. The van der Waals surface area contributed by atoms with Gasteiger partial charge in [0.15, 0.2) is 0 Å². The molecule has 0 aromatic heterocycles. The number of ether oxygens (including phenoxy) is 1. The second-order valence-electron chi connectivity index (χ2n) is 7.75. The zero-order valence-electron chi connectivity index (χ0n) is 15.5. The van der Waals surface area contributed by atoms with E-state index in [9.17, 15) is 9.59 Å². The Morgan fingerprint density at radius 2 is 2.00 bits per heavy atom. The molecule has 1 aromatic carbocycles. The average molecular weight is 379 g/mol. The highest BCUT2D eigenvalue weighted by molar-refractivity contribution is 6.31. The Kier molecular flexibility index (Phi) is 5.88. The summed E-state index contributed by atoms with van der Waals surface area (Å²) >= 11 is 6.16. The van der Waals surface area contributed by atoms with Gasteiger partial charge in [0, 0.05) is 37.5 Å². The molecule has 0 aliphatic carbocycles. The quantitative estimate of drug-likeness (QED) is 0.739. The van der Waals surface area contributed by atoms with E-state index in [1.165, 1.54) is 0 Å². The van der Waals surface area contributed by atoms with Gasteiger partial charge in [0.2, 0.25) is 5.91 Å². The van der Waals surface area contributed by atoms with Gasteiger partial charge in [-0.25, -0.2) is 0 Å². The van der Waals surface area contributed by atoms with Crippen LogP contribution in [0.1, 0.15) is 31.2 Å². The van der Waals surface area contributed by atoms with Crippen LogP contribution in [0.2, 0.25) is 5.02 Å². The van der Waals surface area contributed by atoms with Crippen LogP contribution in [0.15, 0.2) is 24.3 Å². The summed E-state index contributed by atoms with van der Waals surface area (Å²) in [6, 6.07) is 7.64. The Morgan fingerprint density at radius 1 is 1.31 bits per heavy atom. The van der Waals surface area contributed by atoms with E-state index in [2.05, 4.69) is 0 Å². The van der Waals surface area contributed by atoms with E-state index >= 15 is 0 Å². The summed E-state index contributed by atoms with van der Waals surface area (Å²) in [5, 5.41) is 0.707. The van der Waals surface area contributed by atoms with Crippen LogP contribution in [0.3, 0.4) is 0 Å². The largest absolute Gasteiger partial charge is 0.461 e. The molecule has 1 spiro atoms. The highest BCUT2D eigenvalue weighted by Crippen LogP contribution is 2.43. The van der Waals surface area contributed by atoms with Crippen molar-refractivity contribution in [3.8, 4) is 0 Å². The number of aryl methyl sites for hydroxylation is 1. The summed E-state index contributed by atoms with van der Waals surface area (Å²) in [4.78, 5) is 28.9. The molecule has 142 valence electrons. The Morgan fingerprint density at radius 3 is 2.65 bits per heavy atom. The second kappa shape index (κ2) is 7.97. The van der Waals surface area contributed by atoms with Crippen molar-refractivity contribution in [1.82, 2.24) is 9.80 Å². The van der Waals surface area contributed by atoms with Crippen LogP contribution in [-0.4, -0.2) is 61.5 Å². The second-order valence-corrected chi connectivity index (χ2v) is 8.15. The van der Waals surface area contributed by atoms with Gasteiger partial charge in [-0.3, -0.25) is 9.59 Å². The van der Waals surface area contributed by atoms with Crippen molar-refractivity contribution in [3.05, 3.63) is 34.9 Å². The molecule has 2 aliphatic rings. The number of carbonyl (C=O) groups is 2. The first kappa shape index (κ1) is 19.2. The lowest BCUT2D eigenvalue weighted by Gasteiger charge is -2.36. The number of benzene rings is 1. The van der Waals surface area contributed by atoms with Gasteiger partial charge >= 0.3 is 5.97 Å². The number of esters is 1. The third kappa shape index (κ3) is 4.21. The zero-order valence-corrected chi connectivity index (χ0v) is 16.3. The molecule has 1 aromatic rings. The van der Waals surface area contributed by atoms with E-state index in [-0.39, 0.29) is 23.4 Å². The van der Waals surface area contributed by atoms with Crippen LogP contribution in [-0.2, 0) is 20.7 Å². The number of nitrogens with zero attached hydrogens (tertiary/aromatic N) is 2. The minimum atomic E-state index is -0.389. The number of rotatable bonds is 5. The lowest BCUT2D eigenvalue weighted by molar-refractivity contribution is -0.152. The first-order valence-electron chi connectivity index (χ1n) is 9.27. The smallest absolute Gasteiger partial charge is 0.312 e. The van der Waals surface area contributed by atoms with Crippen molar-refractivity contribution >= 4 is 23.5 Å². The number of carbonyl (C=O) groups excluding carboxylic acids is 2. The van der Waals surface area contributed by atoms with Crippen molar-refractivity contribution in [3.63, 3.8) is 0 Å². The molecule has 2 heterocycles. The van der Waals surface area contributed by atoms with Gasteiger partial charge in [0.05, 0.1) is 5.41 Å². The van der Waals surface area contributed by atoms with Crippen LogP contribution >= 0.6 is 11.6 Å². The number of hydrogen-bond donors (Lipinski definition) is 0. The molecule has 0 bridgehead atoms. The summed E-state index contributed by atoms with van der Waals surface area (Å²) in [5.41, 5.74) is 0.613. The lowest BCUT2D eigenvalue weighted by atomic mass is 9.76. The molecule has 0 N–H and O–H groups in total. The fourth-order valence-electron chi connectivity index (χ4n) is 4.04. The molecule has 2 fully saturated rings. The first-order chi connectivity index (χ1) is 12.4. The minimum Gasteiger partial charge on any atom is -0.461 e. The molecule has 3 rings (SSSR count). The first-order valence-corrected chi connectivity index (χ1v) is 9.64. The normalized spacial score (nSPS) is 22.1. The summed E-state index contributed by atoms with van der Waals surface area (Å²) < 4.78 is 5.58. The van der Waals surface area contributed by atoms with Crippen molar-refractivity contribution in [2.45, 2.75) is 38.2 Å². The maximum atomic E-state index is 12.5. The van der Waals surface area contributed by atoms with Crippen molar-refractivity contribution in [1.29, 1.82) is 0 Å². The monoisotopic (exact) mass is 378 g/mol. The van der Waals surface area contributed by atoms with E-state index in [4.69, 9.17) is 16.3 Å². The fraction of sp³-hybridized carbons (Fsp3) is 0.600. The molecule has 0 saturated carbocycles. The fourth-order valence-corrected chi connectivity index (χ4v) is 4.27. The van der Waals surface area contributed by atoms with E-state index in [1.54, 1.807) is 0 Å². The molecule has 1 atom stereocenters. The molecule has 2 saturated heterocycles. The van der Waals surface area contributed by atoms with Gasteiger partial charge in [-0.15, -0.1) is 0 Å². The SMILES string of the molecule is CN(C)CC1CC2(CCN(C(=O)CCc3ccccc3Cl)CC2)C(=O)O1. The van der Waals surface area contributed by atoms with Crippen molar-refractivity contribution in [2.75, 3.05) is 33.7 Å². The molecule has 6 heteroatoms. The third-order valence-corrected chi connectivity index (χ3v) is 5.90. The Balaban J connectivity index is 1.51. The molecule has 5 nitrogen and oxygen atoms in total. The average Bonchev–Trinajstić information content (AvgIpc) is 2.88. The number of likely N-dealkylation sites (tertiary alicyclic amines) is 1.